The average Bonchev–Trinajstić information content (AvgIpc) is 2.59. The van der Waals surface area contributed by atoms with Crippen molar-refractivity contribution in [2.24, 2.45) is 0 Å². The van der Waals surface area contributed by atoms with Crippen LogP contribution in [-0.2, 0) is 11.2 Å². The number of hydrogen-bond donors (Lipinski definition) is 2. The predicted octanol–water partition coefficient (Wildman–Crippen LogP) is 2.36. The molecule has 0 bridgehead atoms. The van der Waals surface area contributed by atoms with E-state index >= 15 is 0 Å². The Bertz CT molecular complexity index is 464. The Hall–Kier alpha value is -1.39. The Labute approximate surface area is 139 Å². The first-order valence-electron chi connectivity index (χ1n) is 8.93. The van der Waals surface area contributed by atoms with Crippen LogP contribution in [0.5, 0.6) is 0 Å². The molecule has 0 spiro atoms. The molecule has 1 aliphatic heterocycles. The van der Waals surface area contributed by atoms with E-state index in [9.17, 15) is 9.90 Å². The minimum absolute atomic E-state index is 0.0771. The van der Waals surface area contributed by atoms with Crippen LogP contribution in [0.3, 0.4) is 0 Å². The van der Waals surface area contributed by atoms with Crippen molar-refractivity contribution in [3.8, 4) is 0 Å². The number of piperidine rings is 1. The molecule has 2 unspecified atom stereocenters. The van der Waals surface area contributed by atoms with Gasteiger partial charge in [0.25, 0.3) is 0 Å². The fourth-order valence-corrected chi connectivity index (χ4v) is 3.33. The van der Waals surface area contributed by atoms with E-state index < -0.39 is 0 Å². The Morgan fingerprint density at radius 2 is 2.13 bits per heavy atom. The van der Waals surface area contributed by atoms with Gasteiger partial charge in [-0.3, -0.25) is 9.69 Å². The molecule has 4 heteroatoms. The van der Waals surface area contributed by atoms with Crippen LogP contribution in [0.25, 0.3) is 0 Å². The van der Waals surface area contributed by atoms with E-state index in [4.69, 9.17) is 0 Å². The van der Waals surface area contributed by atoms with Gasteiger partial charge < -0.3 is 10.4 Å². The second-order valence-corrected chi connectivity index (χ2v) is 6.45. The summed E-state index contributed by atoms with van der Waals surface area (Å²) in [6.45, 7) is 4.04. The fraction of sp³-hybridized carbons (Fsp3) is 0.632. The summed E-state index contributed by atoms with van der Waals surface area (Å²) in [6, 6.07) is 10.5. The summed E-state index contributed by atoms with van der Waals surface area (Å²) >= 11 is 0. The number of nitrogens with one attached hydrogen (secondary N) is 1. The highest BCUT2D eigenvalue weighted by Gasteiger charge is 2.28. The third kappa shape index (κ3) is 5.96. The summed E-state index contributed by atoms with van der Waals surface area (Å²) in [5, 5.41) is 13.1. The molecule has 2 atom stereocenters. The number of rotatable bonds is 8. The van der Waals surface area contributed by atoms with E-state index in [1.54, 1.807) is 0 Å². The van der Waals surface area contributed by atoms with Crippen molar-refractivity contribution in [1.82, 2.24) is 10.2 Å². The van der Waals surface area contributed by atoms with E-state index in [2.05, 4.69) is 22.3 Å². The van der Waals surface area contributed by atoms with Gasteiger partial charge in [-0.2, -0.15) is 0 Å². The molecule has 0 aromatic heterocycles. The number of aliphatic hydroxyl groups is 1. The van der Waals surface area contributed by atoms with Gasteiger partial charge in [0, 0.05) is 12.6 Å². The quantitative estimate of drug-likeness (QED) is 0.724. The van der Waals surface area contributed by atoms with Gasteiger partial charge >= 0.3 is 0 Å². The van der Waals surface area contributed by atoms with E-state index in [0.29, 0.717) is 13.1 Å². The number of amides is 1. The van der Waals surface area contributed by atoms with E-state index in [-0.39, 0.29) is 18.1 Å². The van der Waals surface area contributed by atoms with Gasteiger partial charge in [-0.15, -0.1) is 0 Å². The summed E-state index contributed by atoms with van der Waals surface area (Å²) in [5.74, 6) is 0.0771. The second-order valence-electron chi connectivity index (χ2n) is 6.45. The summed E-state index contributed by atoms with van der Waals surface area (Å²) in [4.78, 5) is 14.3. The molecule has 0 saturated carbocycles. The predicted molar refractivity (Wildman–Crippen MR) is 93.3 cm³/mol. The lowest BCUT2D eigenvalue weighted by Gasteiger charge is -2.37. The molecule has 1 aromatic rings. The van der Waals surface area contributed by atoms with E-state index in [1.165, 1.54) is 5.56 Å². The minimum Gasteiger partial charge on any atom is -0.392 e. The maximum atomic E-state index is 12.1. The molecule has 1 aliphatic rings. The molecule has 1 fully saturated rings. The zero-order valence-electron chi connectivity index (χ0n) is 14.2. The van der Waals surface area contributed by atoms with Crippen LogP contribution in [0.15, 0.2) is 30.3 Å². The summed E-state index contributed by atoms with van der Waals surface area (Å²) in [5.41, 5.74) is 1.31. The lowest BCUT2D eigenvalue weighted by molar-refractivity contribution is -0.124. The van der Waals surface area contributed by atoms with Crippen molar-refractivity contribution in [3.05, 3.63) is 35.9 Å². The Kier molecular flexibility index (Phi) is 7.56. The molecule has 1 heterocycles. The molecule has 4 nitrogen and oxygen atoms in total. The van der Waals surface area contributed by atoms with Crippen LogP contribution in [0.2, 0.25) is 0 Å². The first kappa shape index (κ1) is 18.0. The first-order valence-corrected chi connectivity index (χ1v) is 8.93. The van der Waals surface area contributed by atoms with Crippen LogP contribution < -0.4 is 5.32 Å². The lowest BCUT2D eigenvalue weighted by atomic mass is 9.96. The Balaban J connectivity index is 1.69. The van der Waals surface area contributed by atoms with Crippen molar-refractivity contribution in [1.29, 1.82) is 0 Å². The fourth-order valence-electron chi connectivity index (χ4n) is 3.33. The number of nitrogens with zero attached hydrogens (tertiary/aromatic N) is 1. The van der Waals surface area contributed by atoms with Gasteiger partial charge in [-0.05, 0) is 44.2 Å². The minimum atomic E-state index is -0.318. The molecule has 0 radical (unpaired) electrons. The molecule has 1 aromatic carbocycles. The van der Waals surface area contributed by atoms with Crippen molar-refractivity contribution < 1.29 is 9.90 Å². The largest absolute Gasteiger partial charge is 0.392 e. The smallest absolute Gasteiger partial charge is 0.234 e. The summed E-state index contributed by atoms with van der Waals surface area (Å²) in [6.07, 6.45) is 5.64. The zero-order chi connectivity index (χ0) is 16.5. The number of carbonyl (C=O) groups excluding carboxylic acids is 1. The highest BCUT2D eigenvalue weighted by Crippen LogP contribution is 2.20. The summed E-state index contributed by atoms with van der Waals surface area (Å²) < 4.78 is 0. The Morgan fingerprint density at radius 1 is 1.35 bits per heavy atom. The number of carbonyl (C=O) groups is 1. The van der Waals surface area contributed by atoms with Crippen LogP contribution in [0.1, 0.15) is 44.6 Å². The molecule has 2 N–H and O–H groups in total. The van der Waals surface area contributed by atoms with Gasteiger partial charge in [-0.1, -0.05) is 43.7 Å². The standard InChI is InChI=1S/C19H30N2O2/c1-2-18(22)17-12-6-7-14-21(17)15-19(23)20-13-8-11-16-9-4-3-5-10-16/h3-5,9-10,17-18,22H,2,6-8,11-15H2,1H3,(H,20,23). The highest BCUT2D eigenvalue weighted by molar-refractivity contribution is 5.78. The van der Waals surface area contributed by atoms with E-state index in [0.717, 1.165) is 45.1 Å². The average molecular weight is 318 g/mol. The summed E-state index contributed by atoms with van der Waals surface area (Å²) in [7, 11) is 0. The third-order valence-corrected chi connectivity index (χ3v) is 4.68. The molecule has 0 aliphatic carbocycles. The number of likely N-dealkylation sites (tertiary alicyclic amines) is 1. The molecule has 1 saturated heterocycles. The van der Waals surface area contributed by atoms with Crippen LogP contribution in [-0.4, -0.2) is 47.7 Å². The normalized spacial score (nSPS) is 20.2. The highest BCUT2D eigenvalue weighted by atomic mass is 16.3. The number of aryl methyl sites for hydroxylation is 1. The second kappa shape index (κ2) is 9.68. The van der Waals surface area contributed by atoms with Crippen LogP contribution >= 0.6 is 0 Å². The first-order chi connectivity index (χ1) is 11.2. The third-order valence-electron chi connectivity index (χ3n) is 4.68. The maximum absolute atomic E-state index is 12.1. The monoisotopic (exact) mass is 318 g/mol. The molecule has 2 rings (SSSR count). The van der Waals surface area contributed by atoms with Crippen molar-refractivity contribution in [3.63, 3.8) is 0 Å². The molecular formula is C19H30N2O2. The van der Waals surface area contributed by atoms with Gasteiger partial charge in [0.05, 0.1) is 12.6 Å². The lowest BCUT2D eigenvalue weighted by Crippen LogP contribution is -2.50. The molecular weight excluding hydrogens is 288 g/mol. The SMILES string of the molecule is CCC(O)C1CCCCN1CC(=O)NCCCc1ccccc1. The maximum Gasteiger partial charge on any atom is 0.234 e. The Morgan fingerprint density at radius 3 is 2.87 bits per heavy atom. The van der Waals surface area contributed by atoms with Crippen molar-refractivity contribution in [2.75, 3.05) is 19.6 Å². The molecule has 23 heavy (non-hydrogen) atoms. The molecule has 128 valence electrons. The van der Waals surface area contributed by atoms with Crippen LogP contribution in [0, 0.1) is 0 Å². The van der Waals surface area contributed by atoms with Crippen molar-refractivity contribution in [2.45, 2.75) is 57.6 Å². The van der Waals surface area contributed by atoms with Crippen LogP contribution in [0.4, 0.5) is 0 Å². The van der Waals surface area contributed by atoms with E-state index in [1.807, 2.05) is 25.1 Å². The van der Waals surface area contributed by atoms with Gasteiger partial charge in [0.15, 0.2) is 0 Å². The number of aliphatic hydroxyl groups excluding tert-OH is 1. The van der Waals surface area contributed by atoms with Crippen molar-refractivity contribution >= 4 is 5.91 Å². The zero-order valence-corrected chi connectivity index (χ0v) is 14.2. The van der Waals surface area contributed by atoms with Gasteiger partial charge in [0.2, 0.25) is 5.91 Å². The topological polar surface area (TPSA) is 52.6 Å². The van der Waals surface area contributed by atoms with Gasteiger partial charge in [0.1, 0.15) is 0 Å². The molecule has 1 amide bonds. The number of hydrogen-bond acceptors (Lipinski definition) is 3. The number of benzene rings is 1. The van der Waals surface area contributed by atoms with Gasteiger partial charge in [-0.25, -0.2) is 0 Å².